The lowest BCUT2D eigenvalue weighted by molar-refractivity contribution is -0.121. The highest BCUT2D eigenvalue weighted by atomic mass is 16.1. The minimum Gasteiger partial charge on any atom is -0.356 e. The van der Waals surface area contributed by atoms with Crippen molar-refractivity contribution in [3.8, 4) is 0 Å². The molecule has 1 N–H and O–H groups in total. The maximum atomic E-state index is 12.1. The molecule has 25 heavy (non-hydrogen) atoms. The molecule has 0 bridgehead atoms. The fourth-order valence-corrected chi connectivity index (χ4v) is 3.08. The van der Waals surface area contributed by atoms with Crippen LogP contribution in [0.4, 0.5) is 0 Å². The van der Waals surface area contributed by atoms with Gasteiger partial charge in [0, 0.05) is 30.9 Å². The van der Waals surface area contributed by atoms with Crippen molar-refractivity contribution in [1.29, 1.82) is 0 Å². The highest BCUT2D eigenvalue weighted by Gasteiger charge is 2.12. The van der Waals surface area contributed by atoms with E-state index in [0.717, 1.165) is 42.2 Å². The lowest BCUT2D eigenvalue weighted by Gasteiger charge is -2.07. The van der Waals surface area contributed by atoms with Crippen molar-refractivity contribution < 1.29 is 4.79 Å². The Bertz CT molecular complexity index is 741. The SMILES string of the molecule is C=CCn1nc(C)c(CCC(=O)NCCCn2nc(C)cc2C)c1C. The van der Waals surface area contributed by atoms with E-state index in [1.165, 1.54) is 5.56 Å². The summed E-state index contributed by atoms with van der Waals surface area (Å²) in [6.07, 6.45) is 3.92. The van der Waals surface area contributed by atoms with Crippen LogP contribution < -0.4 is 5.32 Å². The molecule has 0 atom stereocenters. The fraction of sp³-hybridized carbons (Fsp3) is 0.526. The zero-order chi connectivity index (χ0) is 18.4. The molecule has 0 aliphatic rings. The molecule has 6 nitrogen and oxygen atoms in total. The molecule has 0 fully saturated rings. The van der Waals surface area contributed by atoms with Gasteiger partial charge in [0.15, 0.2) is 0 Å². The van der Waals surface area contributed by atoms with Gasteiger partial charge < -0.3 is 5.32 Å². The van der Waals surface area contributed by atoms with E-state index >= 15 is 0 Å². The minimum absolute atomic E-state index is 0.0867. The number of carbonyl (C=O) groups excluding carboxylic acids is 1. The Labute approximate surface area is 149 Å². The Kier molecular flexibility index (Phi) is 6.56. The number of amides is 1. The maximum Gasteiger partial charge on any atom is 0.220 e. The van der Waals surface area contributed by atoms with E-state index in [1.807, 2.05) is 36.2 Å². The van der Waals surface area contributed by atoms with Crippen LogP contribution in [0.5, 0.6) is 0 Å². The van der Waals surface area contributed by atoms with E-state index < -0.39 is 0 Å². The van der Waals surface area contributed by atoms with Gasteiger partial charge in [-0.25, -0.2) is 0 Å². The van der Waals surface area contributed by atoms with E-state index in [-0.39, 0.29) is 5.91 Å². The number of nitrogens with zero attached hydrogens (tertiary/aromatic N) is 4. The van der Waals surface area contributed by atoms with E-state index in [0.29, 0.717) is 19.5 Å². The van der Waals surface area contributed by atoms with Gasteiger partial charge in [0.2, 0.25) is 5.91 Å². The first-order valence-corrected chi connectivity index (χ1v) is 8.84. The molecule has 2 aromatic rings. The lowest BCUT2D eigenvalue weighted by atomic mass is 10.1. The molecule has 0 aliphatic heterocycles. The molecule has 0 aliphatic carbocycles. The summed E-state index contributed by atoms with van der Waals surface area (Å²) in [4.78, 5) is 12.1. The number of aryl methyl sites for hydroxylation is 4. The first kappa shape index (κ1) is 19.0. The summed E-state index contributed by atoms with van der Waals surface area (Å²) in [5.41, 5.74) is 5.47. The van der Waals surface area contributed by atoms with Gasteiger partial charge in [-0.2, -0.15) is 10.2 Å². The van der Waals surface area contributed by atoms with E-state index in [1.54, 1.807) is 0 Å². The lowest BCUT2D eigenvalue weighted by Crippen LogP contribution is -2.25. The summed E-state index contributed by atoms with van der Waals surface area (Å²) in [7, 11) is 0. The number of carbonyl (C=O) groups is 1. The minimum atomic E-state index is 0.0867. The summed E-state index contributed by atoms with van der Waals surface area (Å²) < 4.78 is 3.92. The quantitative estimate of drug-likeness (QED) is 0.562. The Balaban J connectivity index is 1.74. The topological polar surface area (TPSA) is 64.7 Å². The summed E-state index contributed by atoms with van der Waals surface area (Å²) in [5, 5.41) is 11.9. The summed E-state index contributed by atoms with van der Waals surface area (Å²) in [6.45, 7) is 14.0. The zero-order valence-corrected chi connectivity index (χ0v) is 15.8. The molecule has 0 aromatic carbocycles. The standard InChI is InChI=1S/C19H29N5O/c1-6-11-24-17(5)18(16(4)22-24)8-9-19(25)20-10-7-12-23-15(3)13-14(2)21-23/h6,13H,1,7-12H2,2-5H3,(H,20,25). The normalized spacial score (nSPS) is 10.9. The maximum absolute atomic E-state index is 12.1. The van der Waals surface area contributed by atoms with Crippen molar-refractivity contribution in [2.45, 2.75) is 60.0 Å². The van der Waals surface area contributed by atoms with Crippen molar-refractivity contribution in [2.24, 2.45) is 0 Å². The van der Waals surface area contributed by atoms with E-state index in [2.05, 4.69) is 35.1 Å². The molecule has 2 rings (SSSR count). The number of nitrogens with one attached hydrogen (secondary N) is 1. The van der Waals surface area contributed by atoms with Crippen molar-refractivity contribution in [2.75, 3.05) is 6.54 Å². The van der Waals surface area contributed by atoms with Gasteiger partial charge in [-0.1, -0.05) is 6.08 Å². The summed E-state index contributed by atoms with van der Waals surface area (Å²) in [5.74, 6) is 0.0867. The van der Waals surface area contributed by atoms with Gasteiger partial charge in [0.05, 0.1) is 17.9 Å². The molecule has 0 saturated carbocycles. The van der Waals surface area contributed by atoms with Gasteiger partial charge in [0.25, 0.3) is 0 Å². The molecule has 1 amide bonds. The van der Waals surface area contributed by atoms with Crippen molar-refractivity contribution in [1.82, 2.24) is 24.9 Å². The third kappa shape index (κ3) is 5.05. The Morgan fingerprint density at radius 1 is 1.24 bits per heavy atom. The molecule has 0 spiro atoms. The Hall–Kier alpha value is -2.37. The molecule has 136 valence electrons. The number of hydrogen-bond donors (Lipinski definition) is 1. The average Bonchev–Trinajstić information content (AvgIpc) is 3.01. The first-order chi connectivity index (χ1) is 11.9. The summed E-state index contributed by atoms with van der Waals surface area (Å²) in [6, 6.07) is 2.07. The molecular formula is C19H29N5O. The first-order valence-electron chi connectivity index (χ1n) is 8.84. The van der Waals surface area contributed by atoms with Crippen LogP contribution in [0.15, 0.2) is 18.7 Å². The molecule has 0 saturated heterocycles. The molecule has 0 radical (unpaired) electrons. The summed E-state index contributed by atoms with van der Waals surface area (Å²) >= 11 is 0. The third-order valence-electron chi connectivity index (χ3n) is 4.41. The van der Waals surface area contributed by atoms with Crippen LogP contribution in [0, 0.1) is 27.7 Å². The molecule has 2 aromatic heterocycles. The second-order valence-electron chi connectivity index (χ2n) is 6.47. The van der Waals surface area contributed by atoms with Gasteiger partial charge in [-0.3, -0.25) is 14.2 Å². The largest absolute Gasteiger partial charge is 0.356 e. The zero-order valence-electron chi connectivity index (χ0n) is 15.8. The van der Waals surface area contributed by atoms with Gasteiger partial charge in [-0.15, -0.1) is 6.58 Å². The number of hydrogen-bond acceptors (Lipinski definition) is 3. The van der Waals surface area contributed by atoms with Crippen LogP contribution in [0.1, 0.15) is 41.2 Å². The molecule has 2 heterocycles. The van der Waals surface area contributed by atoms with Crippen LogP contribution in [0.3, 0.4) is 0 Å². The number of rotatable bonds is 9. The number of allylic oxidation sites excluding steroid dienone is 1. The van der Waals surface area contributed by atoms with Gasteiger partial charge in [-0.05, 0) is 52.2 Å². The monoisotopic (exact) mass is 343 g/mol. The van der Waals surface area contributed by atoms with Crippen LogP contribution >= 0.6 is 0 Å². The van der Waals surface area contributed by atoms with Gasteiger partial charge >= 0.3 is 0 Å². The Morgan fingerprint density at radius 3 is 2.64 bits per heavy atom. The van der Waals surface area contributed by atoms with Crippen molar-refractivity contribution >= 4 is 5.91 Å². The van der Waals surface area contributed by atoms with Crippen LogP contribution in [-0.4, -0.2) is 32.0 Å². The van der Waals surface area contributed by atoms with Crippen LogP contribution in [-0.2, 0) is 24.3 Å². The highest BCUT2D eigenvalue weighted by molar-refractivity contribution is 5.76. The van der Waals surface area contributed by atoms with E-state index in [4.69, 9.17) is 0 Å². The Morgan fingerprint density at radius 2 is 2.00 bits per heavy atom. The molecular weight excluding hydrogens is 314 g/mol. The second-order valence-corrected chi connectivity index (χ2v) is 6.47. The van der Waals surface area contributed by atoms with E-state index in [9.17, 15) is 4.79 Å². The van der Waals surface area contributed by atoms with Gasteiger partial charge in [0.1, 0.15) is 0 Å². The van der Waals surface area contributed by atoms with Crippen LogP contribution in [0.25, 0.3) is 0 Å². The van der Waals surface area contributed by atoms with Crippen molar-refractivity contribution in [3.05, 3.63) is 47.1 Å². The predicted octanol–water partition coefficient (Wildman–Crippen LogP) is 2.64. The smallest absolute Gasteiger partial charge is 0.220 e. The highest BCUT2D eigenvalue weighted by Crippen LogP contribution is 2.15. The molecule has 6 heteroatoms. The van der Waals surface area contributed by atoms with Crippen LogP contribution in [0.2, 0.25) is 0 Å². The van der Waals surface area contributed by atoms with Crippen molar-refractivity contribution in [3.63, 3.8) is 0 Å². The molecule has 0 unspecified atom stereocenters. The predicted molar refractivity (Wildman–Crippen MR) is 99.5 cm³/mol. The second kappa shape index (κ2) is 8.65. The fourth-order valence-electron chi connectivity index (χ4n) is 3.08. The third-order valence-corrected chi connectivity index (χ3v) is 4.41. The average molecular weight is 343 g/mol. The number of aromatic nitrogens is 4.